The zero-order valence-electron chi connectivity index (χ0n) is 15.6. The van der Waals surface area contributed by atoms with Crippen LogP contribution in [0.5, 0.6) is 0 Å². The third-order valence-corrected chi connectivity index (χ3v) is 4.80. The van der Waals surface area contributed by atoms with Gasteiger partial charge in [0.1, 0.15) is 0 Å². The van der Waals surface area contributed by atoms with Crippen LogP contribution in [-0.4, -0.2) is 26.8 Å². The van der Waals surface area contributed by atoms with E-state index in [0.717, 1.165) is 34.1 Å². The third kappa shape index (κ3) is 4.55. The third-order valence-electron chi connectivity index (χ3n) is 3.98. The average Bonchev–Trinajstić information content (AvgIpc) is 3.12. The summed E-state index contributed by atoms with van der Waals surface area (Å²) in [6, 6.07) is 9.96. The van der Waals surface area contributed by atoms with Crippen LogP contribution in [0.25, 0.3) is 11.5 Å². The Morgan fingerprint density at radius 3 is 2.57 bits per heavy atom. The quantitative estimate of drug-likeness (QED) is 0.374. The van der Waals surface area contributed by atoms with Gasteiger partial charge < -0.3 is 9.73 Å². The molecule has 3 aromatic rings. The van der Waals surface area contributed by atoms with E-state index in [1.54, 1.807) is 12.1 Å². The molecule has 0 radical (unpaired) electrons. The normalized spacial score (nSPS) is 10.7. The molecule has 8 nitrogen and oxygen atoms in total. The predicted molar refractivity (Wildman–Crippen MR) is 106 cm³/mol. The Balaban J connectivity index is 1.64. The molecular weight excluding hydrogens is 380 g/mol. The summed E-state index contributed by atoms with van der Waals surface area (Å²) in [6.07, 6.45) is 0. The summed E-state index contributed by atoms with van der Waals surface area (Å²) in [5, 5.41) is 21.8. The van der Waals surface area contributed by atoms with E-state index < -0.39 is 4.92 Å². The van der Waals surface area contributed by atoms with E-state index in [4.69, 9.17) is 4.42 Å². The summed E-state index contributed by atoms with van der Waals surface area (Å²) >= 11 is 1.10. The first-order valence-electron chi connectivity index (χ1n) is 8.42. The maximum Gasteiger partial charge on any atom is 0.277 e. The SMILES string of the molecule is Cc1cc(C)c(NC(=O)CSc2nnc(-c3cccc([N+](=O)[O-])c3)o2)c(C)c1. The van der Waals surface area contributed by atoms with Crippen molar-refractivity contribution in [2.75, 3.05) is 11.1 Å². The second-order valence-electron chi connectivity index (χ2n) is 6.29. The lowest BCUT2D eigenvalue weighted by molar-refractivity contribution is -0.384. The first-order valence-corrected chi connectivity index (χ1v) is 9.41. The summed E-state index contributed by atoms with van der Waals surface area (Å²) in [5.41, 5.74) is 4.33. The fourth-order valence-electron chi connectivity index (χ4n) is 2.82. The highest BCUT2D eigenvalue weighted by Gasteiger charge is 2.15. The highest BCUT2D eigenvalue weighted by Crippen LogP contribution is 2.26. The number of nitro groups is 1. The summed E-state index contributed by atoms with van der Waals surface area (Å²) in [6.45, 7) is 5.91. The second kappa shape index (κ2) is 8.22. The van der Waals surface area contributed by atoms with Gasteiger partial charge in [0.05, 0.1) is 10.7 Å². The van der Waals surface area contributed by atoms with Crippen molar-refractivity contribution in [1.82, 2.24) is 10.2 Å². The number of rotatable bonds is 6. The number of carbonyl (C=O) groups is 1. The van der Waals surface area contributed by atoms with Crippen molar-refractivity contribution in [3.63, 3.8) is 0 Å². The lowest BCUT2D eigenvalue weighted by Crippen LogP contribution is -2.15. The van der Waals surface area contributed by atoms with Crippen molar-refractivity contribution in [2.45, 2.75) is 26.0 Å². The van der Waals surface area contributed by atoms with Gasteiger partial charge in [-0.25, -0.2) is 0 Å². The number of aryl methyl sites for hydroxylation is 3. The number of nitro benzene ring substituents is 1. The van der Waals surface area contributed by atoms with Crippen molar-refractivity contribution in [3.8, 4) is 11.5 Å². The van der Waals surface area contributed by atoms with Gasteiger partial charge in [0, 0.05) is 23.4 Å². The van der Waals surface area contributed by atoms with Crippen molar-refractivity contribution in [1.29, 1.82) is 0 Å². The zero-order chi connectivity index (χ0) is 20.3. The van der Waals surface area contributed by atoms with Crippen LogP contribution in [0, 0.1) is 30.9 Å². The summed E-state index contributed by atoms with van der Waals surface area (Å²) in [5.74, 6) is 0.0792. The number of aromatic nitrogens is 2. The summed E-state index contributed by atoms with van der Waals surface area (Å²) in [4.78, 5) is 22.7. The Morgan fingerprint density at radius 2 is 1.89 bits per heavy atom. The topological polar surface area (TPSA) is 111 Å². The van der Waals surface area contributed by atoms with E-state index in [2.05, 4.69) is 15.5 Å². The second-order valence-corrected chi connectivity index (χ2v) is 7.22. The molecule has 1 heterocycles. The molecule has 1 aromatic heterocycles. The van der Waals surface area contributed by atoms with E-state index in [-0.39, 0.29) is 28.5 Å². The van der Waals surface area contributed by atoms with Gasteiger partial charge in [-0.3, -0.25) is 14.9 Å². The summed E-state index contributed by atoms with van der Waals surface area (Å²) in [7, 11) is 0. The molecule has 0 aliphatic heterocycles. The van der Waals surface area contributed by atoms with Crippen LogP contribution in [-0.2, 0) is 4.79 Å². The van der Waals surface area contributed by atoms with Crippen LogP contribution in [0.2, 0.25) is 0 Å². The molecule has 0 fully saturated rings. The van der Waals surface area contributed by atoms with Gasteiger partial charge >= 0.3 is 0 Å². The number of nitrogens with one attached hydrogen (secondary N) is 1. The molecule has 0 aliphatic carbocycles. The number of hydrogen-bond acceptors (Lipinski definition) is 7. The molecule has 9 heteroatoms. The molecule has 0 unspecified atom stereocenters. The lowest BCUT2D eigenvalue weighted by atomic mass is 10.1. The number of hydrogen-bond donors (Lipinski definition) is 1. The Hall–Kier alpha value is -3.20. The first kappa shape index (κ1) is 19.6. The molecule has 28 heavy (non-hydrogen) atoms. The van der Waals surface area contributed by atoms with Gasteiger partial charge in [-0.15, -0.1) is 10.2 Å². The molecular formula is C19H18N4O4S. The minimum Gasteiger partial charge on any atom is -0.411 e. The Kier molecular flexibility index (Phi) is 5.74. The van der Waals surface area contributed by atoms with Crippen molar-refractivity contribution < 1.29 is 14.1 Å². The average molecular weight is 398 g/mol. The fourth-order valence-corrected chi connectivity index (χ4v) is 3.38. The molecule has 0 bridgehead atoms. The van der Waals surface area contributed by atoms with E-state index in [1.165, 1.54) is 12.1 Å². The number of carbonyl (C=O) groups excluding carboxylic acids is 1. The molecule has 144 valence electrons. The van der Waals surface area contributed by atoms with Gasteiger partial charge in [0.15, 0.2) is 0 Å². The van der Waals surface area contributed by atoms with Crippen LogP contribution in [0.3, 0.4) is 0 Å². The fraction of sp³-hybridized carbons (Fsp3) is 0.211. The molecule has 0 atom stereocenters. The standard InChI is InChI=1S/C19H18N4O4S/c1-11-7-12(2)17(13(3)8-11)20-16(24)10-28-19-22-21-18(27-19)14-5-4-6-15(9-14)23(25)26/h4-9H,10H2,1-3H3,(H,20,24). The van der Waals surface area contributed by atoms with E-state index in [9.17, 15) is 14.9 Å². The molecule has 0 aliphatic rings. The number of benzene rings is 2. The minimum atomic E-state index is -0.491. The lowest BCUT2D eigenvalue weighted by Gasteiger charge is -2.12. The van der Waals surface area contributed by atoms with Crippen molar-refractivity contribution in [3.05, 3.63) is 63.2 Å². The van der Waals surface area contributed by atoms with Crippen LogP contribution >= 0.6 is 11.8 Å². The highest BCUT2D eigenvalue weighted by molar-refractivity contribution is 7.99. The number of thioether (sulfide) groups is 1. The van der Waals surface area contributed by atoms with Gasteiger partial charge in [-0.2, -0.15) is 0 Å². The molecule has 2 aromatic carbocycles. The molecule has 0 saturated heterocycles. The van der Waals surface area contributed by atoms with Crippen LogP contribution in [0.4, 0.5) is 11.4 Å². The molecule has 3 rings (SSSR count). The van der Waals surface area contributed by atoms with E-state index in [1.807, 2.05) is 32.9 Å². The van der Waals surface area contributed by atoms with Gasteiger partial charge in [-0.05, 0) is 38.0 Å². The Morgan fingerprint density at radius 1 is 1.18 bits per heavy atom. The number of amides is 1. The molecule has 1 amide bonds. The maximum atomic E-state index is 12.3. The van der Waals surface area contributed by atoms with Crippen LogP contribution < -0.4 is 5.32 Å². The molecule has 0 spiro atoms. The Bertz CT molecular complexity index is 1020. The predicted octanol–water partition coefficient (Wildman–Crippen LogP) is 4.30. The van der Waals surface area contributed by atoms with Gasteiger partial charge in [-0.1, -0.05) is 35.5 Å². The highest BCUT2D eigenvalue weighted by atomic mass is 32.2. The minimum absolute atomic E-state index is 0.0619. The van der Waals surface area contributed by atoms with Crippen LogP contribution in [0.15, 0.2) is 46.0 Å². The zero-order valence-corrected chi connectivity index (χ0v) is 16.4. The smallest absolute Gasteiger partial charge is 0.277 e. The monoisotopic (exact) mass is 398 g/mol. The largest absolute Gasteiger partial charge is 0.411 e. The van der Waals surface area contributed by atoms with E-state index >= 15 is 0 Å². The molecule has 1 N–H and O–H groups in total. The number of non-ortho nitro benzene ring substituents is 1. The van der Waals surface area contributed by atoms with Crippen molar-refractivity contribution >= 4 is 29.0 Å². The van der Waals surface area contributed by atoms with E-state index in [0.29, 0.717) is 5.56 Å². The first-order chi connectivity index (χ1) is 13.3. The van der Waals surface area contributed by atoms with Gasteiger partial charge in [0.25, 0.3) is 10.9 Å². The van der Waals surface area contributed by atoms with Crippen LogP contribution in [0.1, 0.15) is 16.7 Å². The number of nitrogens with zero attached hydrogens (tertiary/aromatic N) is 3. The molecule has 0 saturated carbocycles. The summed E-state index contributed by atoms with van der Waals surface area (Å²) < 4.78 is 5.51. The number of anilines is 1. The Labute approximate surface area is 165 Å². The van der Waals surface area contributed by atoms with Crippen molar-refractivity contribution in [2.24, 2.45) is 0 Å². The van der Waals surface area contributed by atoms with Gasteiger partial charge in [0.2, 0.25) is 11.8 Å². The maximum absolute atomic E-state index is 12.3.